The van der Waals surface area contributed by atoms with Crippen molar-refractivity contribution in [3.8, 4) is 0 Å². The minimum absolute atomic E-state index is 0.0320. The van der Waals surface area contributed by atoms with E-state index >= 15 is 0 Å². The molecule has 0 aromatic carbocycles. The molecule has 1 heterocycles. The van der Waals surface area contributed by atoms with E-state index in [9.17, 15) is 9.59 Å². The maximum atomic E-state index is 11.9. The minimum atomic E-state index is -0.524. The predicted octanol–water partition coefficient (Wildman–Crippen LogP) is 0.276. The fourth-order valence-electron chi connectivity index (χ4n) is 2.57. The first-order chi connectivity index (χ1) is 6.58. The lowest BCUT2D eigenvalue weighted by molar-refractivity contribution is -0.154. The van der Waals surface area contributed by atoms with Crippen LogP contribution in [0.4, 0.5) is 0 Å². The van der Waals surface area contributed by atoms with Crippen LogP contribution in [0, 0.1) is 0 Å². The number of hydrogen-bond acceptors (Lipinski definition) is 2. The summed E-state index contributed by atoms with van der Waals surface area (Å²) < 4.78 is 0. The number of rotatable bonds is 0. The van der Waals surface area contributed by atoms with Gasteiger partial charge >= 0.3 is 0 Å². The largest absolute Gasteiger partial charge is 0.343 e. The van der Waals surface area contributed by atoms with Crippen molar-refractivity contribution in [2.45, 2.75) is 44.2 Å². The summed E-state index contributed by atoms with van der Waals surface area (Å²) in [4.78, 5) is 25.3. The second kappa shape index (κ2) is 2.97. The third-order valence-electron chi connectivity index (χ3n) is 3.54. The molecule has 1 unspecified atom stereocenters. The van der Waals surface area contributed by atoms with Crippen LogP contribution in [0.15, 0.2) is 0 Å². The molecule has 1 spiro atoms. The van der Waals surface area contributed by atoms with Crippen LogP contribution < -0.4 is 5.32 Å². The van der Waals surface area contributed by atoms with Gasteiger partial charge in [0.15, 0.2) is 0 Å². The van der Waals surface area contributed by atoms with Gasteiger partial charge in [0, 0.05) is 7.05 Å². The van der Waals surface area contributed by atoms with Crippen LogP contribution in [0.1, 0.15) is 32.6 Å². The lowest BCUT2D eigenvalue weighted by Crippen LogP contribution is -2.67. The highest BCUT2D eigenvalue weighted by molar-refractivity contribution is 5.99. The average Bonchev–Trinajstić information content (AvgIpc) is 2.63. The molecular formula is C10H16N2O2. The Labute approximate surface area is 83.6 Å². The van der Waals surface area contributed by atoms with E-state index in [1.165, 1.54) is 0 Å². The van der Waals surface area contributed by atoms with Gasteiger partial charge in [0.05, 0.1) is 0 Å². The van der Waals surface area contributed by atoms with Gasteiger partial charge in [0.1, 0.15) is 11.6 Å². The zero-order valence-electron chi connectivity index (χ0n) is 8.67. The molecule has 1 saturated carbocycles. The molecule has 4 nitrogen and oxygen atoms in total. The van der Waals surface area contributed by atoms with Crippen LogP contribution in [-0.2, 0) is 9.59 Å². The van der Waals surface area contributed by atoms with Crippen LogP contribution in [0.2, 0.25) is 0 Å². The smallest absolute Gasteiger partial charge is 0.246 e. The number of amides is 2. The first kappa shape index (κ1) is 9.49. The highest BCUT2D eigenvalue weighted by Gasteiger charge is 2.51. The van der Waals surface area contributed by atoms with Crippen molar-refractivity contribution in [2.24, 2.45) is 0 Å². The van der Waals surface area contributed by atoms with E-state index in [-0.39, 0.29) is 17.9 Å². The molecule has 2 amide bonds. The molecule has 1 atom stereocenters. The molecule has 78 valence electrons. The Morgan fingerprint density at radius 2 is 1.93 bits per heavy atom. The fourth-order valence-corrected chi connectivity index (χ4v) is 2.57. The molecule has 2 fully saturated rings. The summed E-state index contributed by atoms with van der Waals surface area (Å²) in [5.41, 5.74) is -0.524. The number of nitrogens with zero attached hydrogens (tertiary/aromatic N) is 1. The highest BCUT2D eigenvalue weighted by atomic mass is 16.2. The van der Waals surface area contributed by atoms with Gasteiger partial charge in [-0.25, -0.2) is 0 Å². The second-order valence-corrected chi connectivity index (χ2v) is 4.33. The Hall–Kier alpha value is -1.06. The van der Waals surface area contributed by atoms with Gasteiger partial charge in [-0.15, -0.1) is 0 Å². The van der Waals surface area contributed by atoms with Gasteiger partial charge < -0.3 is 10.2 Å². The third-order valence-corrected chi connectivity index (χ3v) is 3.54. The molecule has 2 rings (SSSR count). The molecule has 2 aliphatic rings. The summed E-state index contributed by atoms with van der Waals surface area (Å²) in [6, 6.07) is -0.362. The van der Waals surface area contributed by atoms with Crippen molar-refractivity contribution >= 4 is 11.8 Å². The average molecular weight is 196 g/mol. The molecule has 0 bridgehead atoms. The maximum absolute atomic E-state index is 11.9. The zero-order valence-corrected chi connectivity index (χ0v) is 8.67. The fraction of sp³-hybridized carbons (Fsp3) is 0.800. The van der Waals surface area contributed by atoms with E-state index in [0.717, 1.165) is 25.7 Å². The summed E-state index contributed by atoms with van der Waals surface area (Å²) in [6.45, 7) is 1.73. The SMILES string of the molecule is CC1NC(=O)C2(CCCC2)N(C)C1=O. The summed E-state index contributed by atoms with van der Waals surface area (Å²) in [6.07, 6.45) is 3.71. The Balaban J connectivity index is 2.31. The topological polar surface area (TPSA) is 49.4 Å². The van der Waals surface area contributed by atoms with Gasteiger partial charge in [0.25, 0.3) is 0 Å². The quantitative estimate of drug-likeness (QED) is 0.605. The van der Waals surface area contributed by atoms with Gasteiger partial charge in [-0.1, -0.05) is 12.8 Å². The number of nitrogens with one attached hydrogen (secondary N) is 1. The minimum Gasteiger partial charge on any atom is -0.343 e. The molecule has 1 aliphatic carbocycles. The molecule has 4 heteroatoms. The van der Waals surface area contributed by atoms with Crippen molar-refractivity contribution in [3.63, 3.8) is 0 Å². The number of carbonyl (C=O) groups excluding carboxylic acids is 2. The van der Waals surface area contributed by atoms with E-state index in [1.54, 1.807) is 18.9 Å². The van der Waals surface area contributed by atoms with Crippen LogP contribution in [0.5, 0.6) is 0 Å². The normalized spacial score (nSPS) is 31.0. The molecule has 0 radical (unpaired) electrons. The Morgan fingerprint density at radius 1 is 1.36 bits per heavy atom. The summed E-state index contributed by atoms with van der Waals surface area (Å²) >= 11 is 0. The lowest BCUT2D eigenvalue weighted by Gasteiger charge is -2.43. The lowest BCUT2D eigenvalue weighted by atomic mass is 9.90. The van der Waals surface area contributed by atoms with Crippen LogP contribution in [-0.4, -0.2) is 35.3 Å². The van der Waals surface area contributed by atoms with E-state index < -0.39 is 5.54 Å². The van der Waals surface area contributed by atoms with Gasteiger partial charge in [-0.2, -0.15) is 0 Å². The number of likely N-dealkylation sites (N-methyl/N-ethyl adjacent to an activating group) is 1. The summed E-state index contributed by atoms with van der Waals surface area (Å²) in [5, 5.41) is 2.76. The van der Waals surface area contributed by atoms with Gasteiger partial charge in [-0.05, 0) is 19.8 Å². The van der Waals surface area contributed by atoms with Crippen molar-refractivity contribution in [3.05, 3.63) is 0 Å². The molecule has 1 N–H and O–H groups in total. The molecule has 14 heavy (non-hydrogen) atoms. The van der Waals surface area contributed by atoms with E-state index in [1.807, 2.05) is 0 Å². The van der Waals surface area contributed by atoms with Gasteiger partial charge in [-0.3, -0.25) is 9.59 Å². The standard InChI is InChI=1S/C10H16N2O2/c1-7-8(13)12(2)10(9(14)11-7)5-3-4-6-10/h7H,3-6H2,1-2H3,(H,11,14). The summed E-state index contributed by atoms with van der Waals surface area (Å²) in [5.74, 6) is 0.0658. The predicted molar refractivity (Wildman–Crippen MR) is 51.6 cm³/mol. The zero-order chi connectivity index (χ0) is 10.3. The van der Waals surface area contributed by atoms with E-state index in [4.69, 9.17) is 0 Å². The monoisotopic (exact) mass is 196 g/mol. The maximum Gasteiger partial charge on any atom is 0.246 e. The Kier molecular flexibility index (Phi) is 2.01. The van der Waals surface area contributed by atoms with Crippen LogP contribution in [0.25, 0.3) is 0 Å². The number of piperazine rings is 1. The van der Waals surface area contributed by atoms with Crippen molar-refractivity contribution < 1.29 is 9.59 Å². The van der Waals surface area contributed by atoms with Crippen LogP contribution >= 0.6 is 0 Å². The molecular weight excluding hydrogens is 180 g/mol. The first-order valence-electron chi connectivity index (χ1n) is 5.16. The molecule has 0 aromatic heterocycles. The number of carbonyl (C=O) groups is 2. The Morgan fingerprint density at radius 3 is 2.50 bits per heavy atom. The Bertz CT molecular complexity index is 282. The van der Waals surface area contributed by atoms with Crippen molar-refractivity contribution in [1.29, 1.82) is 0 Å². The highest BCUT2D eigenvalue weighted by Crippen LogP contribution is 2.36. The summed E-state index contributed by atoms with van der Waals surface area (Å²) in [7, 11) is 1.75. The molecule has 0 aromatic rings. The van der Waals surface area contributed by atoms with E-state index in [0.29, 0.717) is 0 Å². The number of hydrogen-bond donors (Lipinski definition) is 1. The van der Waals surface area contributed by atoms with E-state index in [2.05, 4.69) is 5.32 Å². The first-order valence-corrected chi connectivity index (χ1v) is 5.16. The molecule has 1 aliphatic heterocycles. The van der Waals surface area contributed by atoms with Crippen molar-refractivity contribution in [1.82, 2.24) is 10.2 Å². The molecule has 1 saturated heterocycles. The van der Waals surface area contributed by atoms with Crippen LogP contribution in [0.3, 0.4) is 0 Å². The third kappa shape index (κ3) is 1.06. The van der Waals surface area contributed by atoms with Crippen molar-refractivity contribution in [2.75, 3.05) is 7.05 Å². The van der Waals surface area contributed by atoms with Gasteiger partial charge in [0.2, 0.25) is 11.8 Å². The second-order valence-electron chi connectivity index (χ2n) is 4.33.